The fourth-order valence-electron chi connectivity index (χ4n) is 5.76. The lowest BCUT2D eigenvalue weighted by atomic mass is 9.80. The molecule has 0 radical (unpaired) electrons. The largest absolute Gasteiger partial charge is 0.390 e. The quantitative estimate of drug-likeness (QED) is 0.446. The lowest BCUT2D eigenvalue weighted by molar-refractivity contribution is -0.165. The van der Waals surface area contributed by atoms with Crippen LogP contribution in [0.15, 0.2) is 24.3 Å². The molecule has 2 aliphatic heterocycles. The molecular formula is C27H40N6O5S. The highest BCUT2D eigenvalue weighted by atomic mass is 32.2. The minimum absolute atomic E-state index is 0.150. The first-order valence-electron chi connectivity index (χ1n) is 13.4. The maximum Gasteiger partial charge on any atom is 0.248 e. The summed E-state index contributed by atoms with van der Waals surface area (Å²) < 4.78 is 27.3. The molecule has 0 saturated carbocycles. The van der Waals surface area contributed by atoms with Crippen LogP contribution in [0.5, 0.6) is 0 Å². The predicted octanol–water partition coefficient (Wildman–Crippen LogP) is 1.56. The molecule has 0 unspecified atom stereocenters. The van der Waals surface area contributed by atoms with Crippen LogP contribution >= 0.6 is 0 Å². The van der Waals surface area contributed by atoms with Crippen LogP contribution < -0.4 is 10.0 Å². The van der Waals surface area contributed by atoms with Gasteiger partial charge in [-0.25, -0.2) is 13.1 Å². The molecule has 39 heavy (non-hydrogen) atoms. The number of sulfonamides is 1. The average Bonchev–Trinajstić information content (AvgIpc) is 3.15. The van der Waals surface area contributed by atoms with Gasteiger partial charge >= 0.3 is 0 Å². The summed E-state index contributed by atoms with van der Waals surface area (Å²) in [5.41, 5.74) is 3.40. The fourth-order valence-corrected chi connectivity index (χ4v) is 6.32. The molecule has 2 amide bonds. The number of hydrogen-bond donors (Lipinski definition) is 3. The summed E-state index contributed by atoms with van der Waals surface area (Å²) in [4.78, 5) is 30.6. The maximum atomic E-state index is 13.4. The number of nitrogens with one attached hydrogen (secondary N) is 2. The Bertz CT molecular complexity index is 1330. The summed E-state index contributed by atoms with van der Waals surface area (Å²) in [6.45, 7) is 11.9. The first kappa shape index (κ1) is 29.0. The lowest BCUT2D eigenvalue weighted by Crippen LogP contribution is -2.74. The molecule has 2 aliphatic rings. The molecule has 2 aromatic rings. The number of likely N-dealkylation sites (N-methyl/N-ethyl adjacent to an activating group) is 1. The Kier molecular flexibility index (Phi) is 8.11. The van der Waals surface area contributed by atoms with Crippen molar-refractivity contribution in [2.24, 2.45) is 5.92 Å². The van der Waals surface area contributed by atoms with Gasteiger partial charge in [-0.05, 0) is 63.8 Å². The molecular weight excluding hydrogens is 520 g/mol. The summed E-state index contributed by atoms with van der Waals surface area (Å²) in [6, 6.07) is 6.15. The number of rotatable bonds is 8. The number of nitrogens with zero attached hydrogens (tertiary/aromatic N) is 4. The topological polar surface area (TPSA) is 137 Å². The number of carbonyl (C=O) groups excluding carboxylic acids is 2. The minimum Gasteiger partial charge on any atom is -0.390 e. The van der Waals surface area contributed by atoms with E-state index >= 15 is 0 Å². The van der Waals surface area contributed by atoms with Gasteiger partial charge in [0.1, 0.15) is 11.6 Å². The molecule has 4 rings (SSSR count). The number of piperidine rings is 1. The van der Waals surface area contributed by atoms with Crippen molar-refractivity contribution in [3.63, 3.8) is 0 Å². The Morgan fingerprint density at radius 3 is 2.31 bits per heavy atom. The molecule has 2 atom stereocenters. The van der Waals surface area contributed by atoms with E-state index in [1.165, 1.54) is 0 Å². The van der Waals surface area contributed by atoms with Crippen LogP contribution in [-0.2, 0) is 26.2 Å². The Morgan fingerprint density at radius 1 is 1.15 bits per heavy atom. The van der Waals surface area contributed by atoms with E-state index in [2.05, 4.69) is 14.9 Å². The van der Waals surface area contributed by atoms with Crippen molar-refractivity contribution in [2.75, 3.05) is 30.6 Å². The van der Waals surface area contributed by atoms with Gasteiger partial charge in [-0.3, -0.25) is 19.2 Å². The molecule has 11 nitrogen and oxygen atoms in total. The second-order valence-corrected chi connectivity index (χ2v) is 12.8. The molecule has 0 aliphatic carbocycles. The maximum absolute atomic E-state index is 13.4. The van der Waals surface area contributed by atoms with Crippen LogP contribution in [0.1, 0.15) is 50.6 Å². The van der Waals surface area contributed by atoms with Crippen LogP contribution in [-0.4, -0.2) is 88.5 Å². The molecule has 1 aromatic carbocycles. The first-order chi connectivity index (χ1) is 18.3. The van der Waals surface area contributed by atoms with Crippen molar-refractivity contribution >= 4 is 27.5 Å². The zero-order chi connectivity index (χ0) is 28.7. The lowest BCUT2D eigenvalue weighted by Gasteiger charge is -2.52. The van der Waals surface area contributed by atoms with Crippen molar-refractivity contribution in [3.05, 3.63) is 41.2 Å². The van der Waals surface area contributed by atoms with E-state index in [1.807, 2.05) is 51.4 Å². The van der Waals surface area contributed by atoms with Crippen molar-refractivity contribution in [1.29, 1.82) is 0 Å². The van der Waals surface area contributed by atoms with E-state index in [9.17, 15) is 23.1 Å². The number of aromatic nitrogens is 2. The van der Waals surface area contributed by atoms with Gasteiger partial charge in [0.05, 0.1) is 23.7 Å². The number of anilines is 1. The van der Waals surface area contributed by atoms with Gasteiger partial charge in [-0.15, -0.1) is 0 Å². The van der Waals surface area contributed by atoms with Gasteiger partial charge < -0.3 is 15.3 Å². The number of likely N-dealkylation sites (tertiary alicyclic amines) is 1. The van der Waals surface area contributed by atoms with Gasteiger partial charge in [0, 0.05) is 43.1 Å². The van der Waals surface area contributed by atoms with E-state index in [0.29, 0.717) is 44.7 Å². The van der Waals surface area contributed by atoms with Gasteiger partial charge in [0.2, 0.25) is 21.8 Å². The van der Waals surface area contributed by atoms with Gasteiger partial charge in [0.25, 0.3) is 0 Å². The van der Waals surface area contributed by atoms with Crippen molar-refractivity contribution < 1.29 is 23.1 Å². The summed E-state index contributed by atoms with van der Waals surface area (Å²) >= 11 is 0. The zero-order valence-corrected chi connectivity index (χ0v) is 24.4. The normalized spacial score (nSPS) is 20.9. The summed E-state index contributed by atoms with van der Waals surface area (Å²) in [5.74, 6) is -0.539. The first-order valence-corrected chi connectivity index (χ1v) is 15.3. The molecule has 214 valence electrons. The van der Waals surface area contributed by atoms with E-state index in [4.69, 9.17) is 5.10 Å². The standard InChI is InChI=1S/C27H40N6O5S/c1-7-32-25(35)23(24(34)17(2)3)28-26(36)27(32)12-14-31(15-13-27)16-22-18(4)29-33(19(22)5)21-10-8-20(9-11-21)30-39(6,37)38/h8-11,17,23-24,30,34H,7,12-16H2,1-6H3,(H,28,36)/t23-,24-/m1/s1. The third-order valence-electron chi connectivity index (χ3n) is 8.02. The van der Waals surface area contributed by atoms with Crippen LogP contribution in [0.2, 0.25) is 0 Å². The number of aliphatic hydroxyl groups is 1. The highest BCUT2D eigenvalue weighted by Gasteiger charge is 2.54. The number of carbonyl (C=O) groups is 2. The third-order valence-corrected chi connectivity index (χ3v) is 8.63. The van der Waals surface area contributed by atoms with E-state index < -0.39 is 27.7 Å². The number of piperazine rings is 1. The zero-order valence-electron chi connectivity index (χ0n) is 23.6. The number of amides is 2. The van der Waals surface area contributed by atoms with Gasteiger partial charge in [-0.2, -0.15) is 5.10 Å². The van der Waals surface area contributed by atoms with Gasteiger partial charge in [0.15, 0.2) is 0 Å². The summed E-state index contributed by atoms with van der Waals surface area (Å²) in [6.07, 6.45) is 1.22. The smallest absolute Gasteiger partial charge is 0.248 e. The van der Waals surface area contributed by atoms with Crippen LogP contribution in [0, 0.1) is 19.8 Å². The second kappa shape index (κ2) is 10.9. The number of benzene rings is 1. The number of aryl methyl sites for hydroxylation is 1. The van der Waals surface area contributed by atoms with Crippen LogP contribution in [0.3, 0.4) is 0 Å². The third kappa shape index (κ3) is 5.68. The molecule has 1 spiro atoms. The van der Waals surface area contributed by atoms with E-state index in [-0.39, 0.29) is 17.7 Å². The number of aliphatic hydroxyl groups excluding tert-OH is 1. The highest BCUT2D eigenvalue weighted by Crippen LogP contribution is 2.34. The predicted molar refractivity (Wildman–Crippen MR) is 149 cm³/mol. The van der Waals surface area contributed by atoms with Crippen LogP contribution in [0.25, 0.3) is 5.69 Å². The minimum atomic E-state index is -3.35. The van der Waals surface area contributed by atoms with Crippen molar-refractivity contribution in [3.8, 4) is 5.69 Å². The summed E-state index contributed by atoms with van der Waals surface area (Å²) in [5, 5.41) is 18.1. The Morgan fingerprint density at radius 2 is 1.77 bits per heavy atom. The van der Waals surface area contributed by atoms with E-state index in [0.717, 1.165) is 28.9 Å². The Labute approximate surface area is 230 Å². The van der Waals surface area contributed by atoms with Crippen molar-refractivity contribution in [2.45, 2.75) is 71.7 Å². The molecule has 1 aromatic heterocycles. The molecule has 3 heterocycles. The highest BCUT2D eigenvalue weighted by molar-refractivity contribution is 7.92. The number of hydrogen-bond acceptors (Lipinski definition) is 7. The molecule has 3 N–H and O–H groups in total. The molecule has 2 fully saturated rings. The van der Waals surface area contributed by atoms with Crippen LogP contribution in [0.4, 0.5) is 5.69 Å². The molecule has 12 heteroatoms. The summed E-state index contributed by atoms with van der Waals surface area (Å²) in [7, 11) is -3.35. The molecule has 2 saturated heterocycles. The Balaban J connectivity index is 1.47. The van der Waals surface area contributed by atoms with E-state index in [1.54, 1.807) is 17.0 Å². The average molecular weight is 561 g/mol. The Hall–Kier alpha value is -2.96. The molecule has 0 bridgehead atoms. The second-order valence-electron chi connectivity index (χ2n) is 11.1. The van der Waals surface area contributed by atoms with Crippen molar-refractivity contribution in [1.82, 2.24) is 24.9 Å². The SMILES string of the molecule is CCN1C(=O)[C@@H]([C@H](O)C(C)C)NC(=O)C12CCN(Cc1c(C)nn(-c3ccc(NS(C)(=O)=O)cc3)c1C)CC2. The van der Waals surface area contributed by atoms with Gasteiger partial charge in [-0.1, -0.05) is 13.8 Å². The monoisotopic (exact) mass is 560 g/mol. The fraction of sp³-hybridized carbons (Fsp3) is 0.593.